The highest BCUT2D eigenvalue weighted by atomic mass is 32.2. The summed E-state index contributed by atoms with van der Waals surface area (Å²) >= 11 is 1.54. The number of fused-ring (bicyclic) bond motifs is 5. The Kier molecular flexibility index (Phi) is 11.5. The maximum Gasteiger partial charge on any atom is 0.240 e. The number of hydrogen-bond donors (Lipinski definition) is 1. The first kappa shape index (κ1) is 41.2. The Bertz CT molecular complexity index is 2590. The number of thiophene rings is 1. The Morgan fingerprint density at radius 2 is 1.72 bits per heavy atom. The number of carbonyl (C=O) groups excluding carboxylic acids is 3. The molecule has 0 radical (unpaired) electrons. The fourth-order valence-corrected chi connectivity index (χ4v) is 11.6. The second-order valence-electron chi connectivity index (χ2n) is 17.5. The van der Waals surface area contributed by atoms with Gasteiger partial charge in [0.1, 0.15) is 16.6 Å². The van der Waals surface area contributed by atoms with E-state index in [1.54, 1.807) is 4.90 Å². The molecular weight excluding hydrogens is 809 g/mol. The van der Waals surface area contributed by atoms with Crippen molar-refractivity contribution >= 4 is 59.3 Å². The van der Waals surface area contributed by atoms with Gasteiger partial charge in [-0.25, -0.2) is 13.4 Å². The lowest BCUT2D eigenvalue weighted by atomic mass is 9.90. The summed E-state index contributed by atoms with van der Waals surface area (Å²) in [4.78, 5) is 55.5. The third-order valence-electron chi connectivity index (χ3n) is 12.6. The fraction of sp³-hybridized carbons (Fsp3) is 0.438. The molecule has 4 aliphatic rings. The van der Waals surface area contributed by atoms with Gasteiger partial charge in [0.15, 0.2) is 11.6 Å². The van der Waals surface area contributed by atoms with Gasteiger partial charge in [0.2, 0.25) is 27.7 Å². The van der Waals surface area contributed by atoms with E-state index in [9.17, 15) is 22.8 Å². The molecule has 2 saturated carbocycles. The molecule has 13 heteroatoms. The number of amides is 2. The third kappa shape index (κ3) is 8.82. The second-order valence-corrected chi connectivity index (χ2v) is 20.6. The molecule has 3 aromatic carbocycles. The zero-order valence-electron chi connectivity index (χ0n) is 34.6. The molecule has 9 rings (SSSR count). The molecular formula is C48H52N4O7S2. The molecule has 5 atom stereocenters. The van der Waals surface area contributed by atoms with Crippen LogP contribution in [0.15, 0.2) is 91.0 Å². The summed E-state index contributed by atoms with van der Waals surface area (Å²) in [5, 5.41) is 0.401. The van der Waals surface area contributed by atoms with Gasteiger partial charge in [-0.3, -0.25) is 19.1 Å². The van der Waals surface area contributed by atoms with Crippen LogP contribution in [-0.4, -0.2) is 70.9 Å². The Morgan fingerprint density at radius 1 is 0.951 bits per heavy atom. The van der Waals surface area contributed by atoms with Crippen LogP contribution in [0.2, 0.25) is 0 Å². The first-order chi connectivity index (χ1) is 29.5. The van der Waals surface area contributed by atoms with Gasteiger partial charge in [-0.2, -0.15) is 4.98 Å². The molecule has 1 N–H and O–H groups in total. The van der Waals surface area contributed by atoms with E-state index in [-0.39, 0.29) is 49.0 Å². The van der Waals surface area contributed by atoms with Crippen LogP contribution in [-0.2, 0) is 30.8 Å². The number of nitrogens with one attached hydrogen (secondary N) is 1. The van der Waals surface area contributed by atoms with E-state index < -0.39 is 38.7 Å². The number of ether oxygens (including phenoxy) is 2. The number of allylic oxidation sites excluding steroid dienone is 2. The number of benzene rings is 3. The first-order valence-corrected chi connectivity index (χ1v) is 24.1. The molecule has 2 amide bonds. The lowest BCUT2D eigenvalue weighted by molar-refractivity contribution is -0.142. The van der Waals surface area contributed by atoms with Crippen molar-refractivity contribution in [2.45, 2.75) is 108 Å². The van der Waals surface area contributed by atoms with Crippen LogP contribution in [0.5, 0.6) is 11.6 Å². The maximum absolute atomic E-state index is 15.0. The molecule has 4 heterocycles. The van der Waals surface area contributed by atoms with Crippen LogP contribution < -0.4 is 14.2 Å². The summed E-state index contributed by atoms with van der Waals surface area (Å²) in [6.45, 7) is 4.12. The molecule has 61 heavy (non-hydrogen) atoms. The molecule has 2 aromatic heterocycles. The second kappa shape index (κ2) is 17.0. The highest BCUT2D eigenvalue weighted by molar-refractivity contribution is 7.90. The highest BCUT2D eigenvalue weighted by Crippen LogP contribution is 2.57. The first-order valence-electron chi connectivity index (χ1n) is 21.7. The van der Waals surface area contributed by atoms with E-state index in [4.69, 9.17) is 19.4 Å². The van der Waals surface area contributed by atoms with Crippen molar-refractivity contribution in [1.29, 1.82) is 0 Å². The number of nitrogens with zero attached hydrogens (tertiary/aromatic N) is 3. The number of ketones is 1. The molecule has 11 nitrogen and oxygen atoms in total. The van der Waals surface area contributed by atoms with Crippen LogP contribution in [0, 0.1) is 17.3 Å². The minimum Gasteiger partial charge on any atom is -0.491 e. The van der Waals surface area contributed by atoms with Crippen LogP contribution in [0.25, 0.3) is 31.7 Å². The molecule has 1 saturated heterocycles. The van der Waals surface area contributed by atoms with Crippen molar-refractivity contribution in [3.05, 3.63) is 96.6 Å². The van der Waals surface area contributed by atoms with Gasteiger partial charge in [-0.15, -0.1) is 11.3 Å². The van der Waals surface area contributed by atoms with Crippen molar-refractivity contribution in [2.75, 3.05) is 6.54 Å². The summed E-state index contributed by atoms with van der Waals surface area (Å²) in [7, 11) is -3.83. The lowest BCUT2D eigenvalue weighted by Gasteiger charge is -2.29. The standard InChI is InChI=1S/C48H52N4O7S2/c1-30(2)58-35-21-19-32(20-22-35)44-49-42-38-17-11-12-18-41(38)60-43(42)45(50-44)59-36-26-39-40(53)28-48(47(55)51-61(56,57)37-23-24-37)27-34(48)16-10-5-3-4-9-15-33(46(54)52(39)29-36)25-31-13-7-6-8-14-31/h6-8,10-14,16-22,30,33-34,36-37,39H,3-5,9,15,23-29H2,1-2H3,(H,51,55)/b16-10-/t33-,34-,36-,39+,48-/m1/s1. The van der Waals surface area contributed by atoms with Crippen molar-refractivity contribution in [3.8, 4) is 23.0 Å². The number of carbonyl (C=O) groups is 3. The van der Waals surface area contributed by atoms with Gasteiger partial charge >= 0.3 is 0 Å². The summed E-state index contributed by atoms with van der Waals surface area (Å²) in [5.41, 5.74) is 1.39. The van der Waals surface area contributed by atoms with Gasteiger partial charge in [0.25, 0.3) is 0 Å². The minimum atomic E-state index is -3.83. The molecule has 0 unspecified atom stereocenters. The molecule has 0 bridgehead atoms. The van der Waals surface area contributed by atoms with Gasteiger partial charge in [-0.1, -0.05) is 73.5 Å². The number of rotatable bonds is 10. The average molecular weight is 861 g/mol. The van der Waals surface area contributed by atoms with Crippen LogP contribution in [0.1, 0.15) is 83.6 Å². The van der Waals surface area contributed by atoms with E-state index in [0.29, 0.717) is 43.8 Å². The summed E-state index contributed by atoms with van der Waals surface area (Å²) in [6.07, 6.45) is 9.66. The average Bonchev–Trinajstić information content (AvgIpc) is 4.15. The molecule has 318 valence electrons. The van der Waals surface area contributed by atoms with E-state index >= 15 is 0 Å². The normalized spacial score (nSPS) is 25.4. The Morgan fingerprint density at radius 3 is 2.49 bits per heavy atom. The van der Waals surface area contributed by atoms with E-state index in [2.05, 4.69) is 10.8 Å². The summed E-state index contributed by atoms with van der Waals surface area (Å²) in [5.74, 6) is -0.0342. The number of hydrogen-bond acceptors (Lipinski definition) is 10. The predicted molar refractivity (Wildman–Crippen MR) is 237 cm³/mol. The molecule has 2 aliphatic carbocycles. The zero-order valence-corrected chi connectivity index (χ0v) is 36.3. The van der Waals surface area contributed by atoms with E-state index in [0.717, 1.165) is 62.9 Å². The largest absolute Gasteiger partial charge is 0.491 e. The van der Waals surface area contributed by atoms with Gasteiger partial charge in [0.05, 0.1) is 34.9 Å². The van der Waals surface area contributed by atoms with Crippen molar-refractivity contribution < 1.29 is 32.3 Å². The SMILES string of the molecule is CC(C)Oc1ccc(-c2nc(O[C@@H]3C[C@H]4C(=O)C[C@]5(C(=O)NS(=O)(=O)C6CC6)C[C@H]5/C=C\CCCCC[C@H](Cc5ccccc5)C(=O)N4C3)c3sc4ccccc4c3n2)cc1. The molecule has 2 aliphatic heterocycles. The lowest BCUT2D eigenvalue weighted by Crippen LogP contribution is -2.46. The zero-order chi connectivity index (χ0) is 42.3. The smallest absolute Gasteiger partial charge is 0.240 e. The van der Waals surface area contributed by atoms with Crippen LogP contribution in [0.4, 0.5) is 0 Å². The van der Waals surface area contributed by atoms with Crippen LogP contribution in [0.3, 0.4) is 0 Å². The number of Topliss-reactive ketones (excluding diaryl/α,β-unsaturated/α-hetero) is 1. The van der Waals surface area contributed by atoms with Crippen molar-refractivity contribution in [1.82, 2.24) is 19.6 Å². The highest BCUT2D eigenvalue weighted by Gasteiger charge is 2.61. The van der Waals surface area contributed by atoms with Gasteiger partial charge in [0, 0.05) is 34.4 Å². The fourth-order valence-electron chi connectivity index (χ4n) is 9.11. The third-order valence-corrected chi connectivity index (χ3v) is 15.6. The summed E-state index contributed by atoms with van der Waals surface area (Å²) in [6, 6.07) is 24.8. The van der Waals surface area contributed by atoms with E-state index in [1.807, 2.05) is 98.8 Å². The summed E-state index contributed by atoms with van der Waals surface area (Å²) < 4.78 is 43.0. The molecule has 5 aromatic rings. The van der Waals surface area contributed by atoms with Gasteiger partial charge in [-0.05, 0) is 101 Å². The number of sulfonamides is 1. The topological polar surface area (TPSA) is 145 Å². The maximum atomic E-state index is 15.0. The van der Waals surface area contributed by atoms with Crippen LogP contribution >= 0.6 is 11.3 Å². The number of aromatic nitrogens is 2. The quantitative estimate of drug-likeness (QED) is 0.137. The van der Waals surface area contributed by atoms with Crippen molar-refractivity contribution in [2.24, 2.45) is 17.3 Å². The minimum absolute atomic E-state index is 0.0253. The van der Waals surface area contributed by atoms with Gasteiger partial charge < -0.3 is 14.4 Å². The van der Waals surface area contributed by atoms with Crippen molar-refractivity contribution in [3.63, 3.8) is 0 Å². The monoisotopic (exact) mass is 860 g/mol. The Hall–Kier alpha value is -5.14. The predicted octanol–water partition coefficient (Wildman–Crippen LogP) is 8.60. The van der Waals surface area contributed by atoms with E-state index in [1.165, 1.54) is 11.3 Å². The molecule has 3 fully saturated rings. The Labute approximate surface area is 361 Å². The molecule has 0 spiro atoms. The Balaban J connectivity index is 1.06.